The zero-order chi connectivity index (χ0) is 25.4. The van der Waals surface area contributed by atoms with Crippen molar-refractivity contribution in [2.45, 2.75) is 39.7 Å². The number of ketones is 1. The van der Waals surface area contributed by atoms with Crippen molar-refractivity contribution in [1.82, 2.24) is 9.80 Å². The Morgan fingerprint density at radius 3 is 2.37 bits per heavy atom. The number of benzene rings is 2. The van der Waals surface area contributed by atoms with Gasteiger partial charge in [-0.15, -0.1) is 0 Å². The van der Waals surface area contributed by atoms with Crippen molar-refractivity contribution in [3.05, 3.63) is 65.2 Å². The number of nitrogens with zero attached hydrogens (tertiary/aromatic N) is 2. The molecular weight excluding hydrogens is 444 g/mol. The standard InChI is InChI=1S/C28H36N2O5/c1-5-8-18-35-22-14-12-20(13-15-22)25-24(26(31)21-10-9-11-23(19-21)34-4)27(32)28(33)30(25)17-16-29(6-2)7-3/h9-15,19,25,31H,5-8,16-18H2,1-4H3/b26-24+. The van der Waals surface area contributed by atoms with E-state index in [1.807, 2.05) is 24.3 Å². The summed E-state index contributed by atoms with van der Waals surface area (Å²) >= 11 is 0. The number of rotatable bonds is 12. The Bertz CT molecular complexity index is 1040. The van der Waals surface area contributed by atoms with Crippen molar-refractivity contribution in [2.75, 3.05) is 39.9 Å². The van der Waals surface area contributed by atoms with E-state index in [0.717, 1.165) is 37.2 Å². The summed E-state index contributed by atoms with van der Waals surface area (Å²) in [5.41, 5.74) is 1.26. The van der Waals surface area contributed by atoms with Gasteiger partial charge in [-0.25, -0.2) is 0 Å². The van der Waals surface area contributed by atoms with Gasteiger partial charge in [0.05, 0.1) is 25.3 Å². The molecule has 1 aliphatic rings. The molecule has 7 nitrogen and oxygen atoms in total. The molecule has 1 heterocycles. The molecule has 1 unspecified atom stereocenters. The Hall–Kier alpha value is -3.32. The van der Waals surface area contributed by atoms with Crippen LogP contribution >= 0.6 is 0 Å². The summed E-state index contributed by atoms with van der Waals surface area (Å²) in [4.78, 5) is 30.1. The monoisotopic (exact) mass is 480 g/mol. The van der Waals surface area contributed by atoms with E-state index >= 15 is 0 Å². The van der Waals surface area contributed by atoms with Crippen molar-refractivity contribution in [1.29, 1.82) is 0 Å². The normalized spacial score (nSPS) is 17.3. The van der Waals surface area contributed by atoms with Crippen molar-refractivity contribution in [3.8, 4) is 11.5 Å². The van der Waals surface area contributed by atoms with E-state index in [2.05, 4.69) is 25.7 Å². The van der Waals surface area contributed by atoms with Gasteiger partial charge in [0.25, 0.3) is 11.7 Å². The molecule has 7 heteroatoms. The van der Waals surface area contributed by atoms with Crippen LogP contribution in [0.3, 0.4) is 0 Å². The zero-order valence-electron chi connectivity index (χ0n) is 21.1. The summed E-state index contributed by atoms with van der Waals surface area (Å²) in [5.74, 6) is -0.209. The third kappa shape index (κ3) is 6.03. The van der Waals surface area contributed by atoms with Gasteiger partial charge in [0, 0.05) is 18.7 Å². The number of hydrogen-bond acceptors (Lipinski definition) is 6. The molecule has 1 fully saturated rings. The largest absolute Gasteiger partial charge is 0.507 e. The number of aliphatic hydroxyl groups is 1. The minimum atomic E-state index is -0.693. The van der Waals surface area contributed by atoms with Crippen LogP contribution < -0.4 is 9.47 Å². The van der Waals surface area contributed by atoms with E-state index < -0.39 is 17.7 Å². The number of hydrogen-bond donors (Lipinski definition) is 1. The van der Waals surface area contributed by atoms with Gasteiger partial charge in [-0.05, 0) is 49.3 Å². The Morgan fingerprint density at radius 2 is 1.74 bits per heavy atom. The van der Waals surface area contributed by atoms with Crippen LogP contribution in [0.1, 0.15) is 50.8 Å². The molecule has 1 N–H and O–H groups in total. The van der Waals surface area contributed by atoms with Crippen LogP contribution in [-0.2, 0) is 9.59 Å². The van der Waals surface area contributed by atoms with E-state index in [-0.39, 0.29) is 11.3 Å². The molecule has 1 saturated heterocycles. The number of ether oxygens (including phenoxy) is 2. The second-order valence-corrected chi connectivity index (χ2v) is 8.52. The fraction of sp³-hybridized carbons (Fsp3) is 0.429. The minimum Gasteiger partial charge on any atom is -0.507 e. The molecule has 0 saturated carbocycles. The Morgan fingerprint density at radius 1 is 1.03 bits per heavy atom. The topological polar surface area (TPSA) is 79.3 Å². The van der Waals surface area contributed by atoms with Crippen LogP contribution in [0.4, 0.5) is 0 Å². The summed E-state index contributed by atoms with van der Waals surface area (Å²) in [6, 6.07) is 13.6. The molecule has 3 rings (SSSR count). The van der Waals surface area contributed by atoms with E-state index in [0.29, 0.717) is 31.0 Å². The molecule has 2 aromatic carbocycles. The second kappa shape index (κ2) is 12.4. The molecule has 1 aliphatic heterocycles. The Kier molecular flexibility index (Phi) is 9.32. The minimum absolute atomic E-state index is 0.0856. The number of carbonyl (C=O) groups excluding carboxylic acids is 2. The summed E-state index contributed by atoms with van der Waals surface area (Å²) in [6.07, 6.45) is 2.01. The number of likely N-dealkylation sites (tertiary alicyclic amines) is 1. The lowest BCUT2D eigenvalue weighted by atomic mass is 9.95. The van der Waals surface area contributed by atoms with Crippen LogP contribution in [0.2, 0.25) is 0 Å². The van der Waals surface area contributed by atoms with Crippen molar-refractivity contribution >= 4 is 17.4 Å². The molecule has 0 aliphatic carbocycles. The predicted molar refractivity (Wildman–Crippen MR) is 137 cm³/mol. The first-order valence-electron chi connectivity index (χ1n) is 12.3. The molecule has 188 valence electrons. The van der Waals surface area contributed by atoms with E-state index in [4.69, 9.17) is 9.47 Å². The van der Waals surface area contributed by atoms with Crippen molar-refractivity contribution in [3.63, 3.8) is 0 Å². The Labute approximate surface area is 207 Å². The molecule has 0 bridgehead atoms. The number of aliphatic hydroxyl groups excluding tert-OH is 1. The van der Waals surface area contributed by atoms with Crippen molar-refractivity contribution in [2.24, 2.45) is 0 Å². The van der Waals surface area contributed by atoms with Gasteiger partial charge in [0.1, 0.15) is 17.3 Å². The highest BCUT2D eigenvalue weighted by Crippen LogP contribution is 2.40. The van der Waals surface area contributed by atoms with Crippen LogP contribution in [-0.4, -0.2) is 66.5 Å². The lowest BCUT2D eigenvalue weighted by molar-refractivity contribution is -0.140. The van der Waals surface area contributed by atoms with Crippen LogP contribution in [0.25, 0.3) is 5.76 Å². The van der Waals surface area contributed by atoms with Crippen LogP contribution in [0.15, 0.2) is 54.1 Å². The van der Waals surface area contributed by atoms with E-state index in [1.54, 1.807) is 29.2 Å². The lowest BCUT2D eigenvalue weighted by Crippen LogP contribution is -2.38. The molecule has 0 radical (unpaired) electrons. The van der Waals surface area contributed by atoms with Gasteiger partial charge in [-0.2, -0.15) is 0 Å². The maximum atomic E-state index is 13.2. The maximum Gasteiger partial charge on any atom is 0.295 e. The summed E-state index contributed by atoms with van der Waals surface area (Å²) in [7, 11) is 1.54. The number of amides is 1. The first-order chi connectivity index (χ1) is 16.9. The van der Waals surface area contributed by atoms with Gasteiger partial charge >= 0.3 is 0 Å². The van der Waals surface area contributed by atoms with Gasteiger partial charge in [-0.1, -0.05) is 51.5 Å². The third-order valence-electron chi connectivity index (χ3n) is 6.40. The number of Topliss-reactive ketones (excluding diaryl/α,β-unsaturated/α-hetero) is 1. The number of carbonyl (C=O) groups is 2. The smallest absolute Gasteiger partial charge is 0.295 e. The van der Waals surface area contributed by atoms with Crippen LogP contribution in [0.5, 0.6) is 11.5 Å². The van der Waals surface area contributed by atoms with Gasteiger partial charge in [-0.3, -0.25) is 9.59 Å². The van der Waals surface area contributed by atoms with Gasteiger partial charge in [0.15, 0.2) is 0 Å². The molecule has 0 aromatic heterocycles. The van der Waals surface area contributed by atoms with E-state index in [1.165, 1.54) is 7.11 Å². The maximum absolute atomic E-state index is 13.2. The average Bonchev–Trinajstić information content (AvgIpc) is 3.14. The zero-order valence-corrected chi connectivity index (χ0v) is 21.1. The first-order valence-corrected chi connectivity index (χ1v) is 12.3. The van der Waals surface area contributed by atoms with Gasteiger partial charge in [0.2, 0.25) is 0 Å². The fourth-order valence-electron chi connectivity index (χ4n) is 4.25. The number of likely N-dealkylation sites (N-methyl/N-ethyl adjacent to an activating group) is 1. The summed E-state index contributed by atoms with van der Waals surface area (Å²) in [5, 5.41) is 11.2. The highest BCUT2D eigenvalue weighted by atomic mass is 16.5. The molecule has 1 amide bonds. The molecule has 1 atom stereocenters. The van der Waals surface area contributed by atoms with E-state index in [9.17, 15) is 14.7 Å². The molecule has 2 aromatic rings. The Balaban J connectivity index is 2.03. The number of methoxy groups -OCH3 is 1. The predicted octanol–water partition coefficient (Wildman–Crippen LogP) is 4.64. The highest BCUT2D eigenvalue weighted by molar-refractivity contribution is 6.46. The second-order valence-electron chi connectivity index (χ2n) is 8.52. The average molecular weight is 481 g/mol. The summed E-state index contributed by atoms with van der Waals surface area (Å²) < 4.78 is 11.1. The lowest BCUT2D eigenvalue weighted by Gasteiger charge is -2.28. The molecular formula is C28H36N2O5. The number of unbranched alkanes of at least 4 members (excludes halogenated alkanes) is 1. The molecule has 0 spiro atoms. The van der Waals surface area contributed by atoms with Gasteiger partial charge < -0.3 is 24.4 Å². The van der Waals surface area contributed by atoms with Crippen molar-refractivity contribution < 1.29 is 24.2 Å². The fourth-order valence-corrected chi connectivity index (χ4v) is 4.25. The first kappa shape index (κ1) is 26.3. The third-order valence-corrected chi connectivity index (χ3v) is 6.40. The SMILES string of the molecule is CCCCOc1ccc(C2/C(=C(\O)c3cccc(OC)c3)C(=O)C(=O)N2CCN(CC)CC)cc1. The summed E-state index contributed by atoms with van der Waals surface area (Å²) in [6.45, 7) is 9.57. The quantitative estimate of drug-likeness (QED) is 0.206. The molecule has 35 heavy (non-hydrogen) atoms. The highest BCUT2D eigenvalue weighted by Gasteiger charge is 2.46. The van der Waals surface area contributed by atoms with Crippen LogP contribution in [0, 0.1) is 0 Å².